The Morgan fingerprint density at radius 2 is 2.00 bits per heavy atom. The third-order valence-electron chi connectivity index (χ3n) is 4.71. The Kier molecular flexibility index (Phi) is 5.61. The van der Waals surface area contributed by atoms with Crippen LogP contribution < -0.4 is 20.3 Å². The van der Waals surface area contributed by atoms with E-state index in [1.54, 1.807) is 50.6 Å². The number of aromatic nitrogens is 5. The van der Waals surface area contributed by atoms with E-state index in [1.807, 2.05) is 6.07 Å². The summed E-state index contributed by atoms with van der Waals surface area (Å²) in [6, 6.07) is 12.4. The van der Waals surface area contributed by atoms with E-state index in [9.17, 15) is 9.59 Å². The molecule has 0 fully saturated rings. The number of nitrogens with zero attached hydrogens (tertiary/aromatic N) is 4. The maximum atomic E-state index is 12.5. The van der Waals surface area contributed by atoms with Gasteiger partial charge < -0.3 is 9.47 Å². The number of benzene rings is 2. The molecule has 4 rings (SSSR count). The van der Waals surface area contributed by atoms with Crippen molar-refractivity contribution in [2.45, 2.75) is 13.0 Å². The number of para-hydroxylation sites is 1. The quantitative estimate of drug-likeness (QED) is 0.470. The van der Waals surface area contributed by atoms with Gasteiger partial charge in [0.25, 0.3) is 5.56 Å². The Hall–Kier alpha value is -4.21. The van der Waals surface area contributed by atoms with Gasteiger partial charge in [-0.3, -0.25) is 24.6 Å². The Bertz CT molecular complexity index is 1300. The van der Waals surface area contributed by atoms with Gasteiger partial charge in [-0.25, -0.2) is 4.98 Å². The molecule has 2 N–H and O–H groups in total. The van der Waals surface area contributed by atoms with Crippen molar-refractivity contribution in [1.82, 2.24) is 24.7 Å². The molecule has 31 heavy (non-hydrogen) atoms. The molecule has 2 heterocycles. The van der Waals surface area contributed by atoms with Gasteiger partial charge in [-0.05, 0) is 24.3 Å². The normalized spacial score (nSPS) is 10.8. The largest absolute Gasteiger partial charge is 0.497 e. The number of ether oxygens (including phenoxy) is 2. The van der Waals surface area contributed by atoms with Gasteiger partial charge in [0.1, 0.15) is 11.5 Å². The molecule has 1 amide bonds. The highest BCUT2D eigenvalue weighted by molar-refractivity contribution is 5.89. The van der Waals surface area contributed by atoms with Crippen LogP contribution >= 0.6 is 0 Å². The van der Waals surface area contributed by atoms with Crippen LogP contribution in [0.4, 0.5) is 5.95 Å². The standard InChI is InChI=1S/C21H20N6O4/c1-30-13-7-8-15(17(11-13)31-2)19-24-21(26-25-19)23-18(28)9-10-27-12-22-16-6-4-3-5-14(16)20(27)29/h3-8,11-12H,9-10H2,1-2H3,(H2,23,24,25,26,28). The molecule has 0 saturated carbocycles. The zero-order chi connectivity index (χ0) is 21.8. The molecule has 0 aliphatic carbocycles. The number of carbonyl (C=O) groups excluding carboxylic acids is 1. The van der Waals surface area contributed by atoms with Gasteiger partial charge in [-0.2, -0.15) is 4.98 Å². The molecular weight excluding hydrogens is 400 g/mol. The number of aryl methyl sites for hydroxylation is 1. The molecule has 10 nitrogen and oxygen atoms in total. The molecule has 0 bridgehead atoms. The van der Waals surface area contributed by atoms with Gasteiger partial charge in [-0.15, -0.1) is 5.10 Å². The average Bonchev–Trinajstić information content (AvgIpc) is 3.26. The van der Waals surface area contributed by atoms with Crippen molar-refractivity contribution in [2.24, 2.45) is 0 Å². The van der Waals surface area contributed by atoms with E-state index in [0.29, 0.717) is 33.8 Å². The summed E-state index contributed by atoms with van der Waals surface area (Å²) < 4.78 is 12.0. The summed E-state index contributed by atoms with van der Waals surface area (Å²) in [6.45, 7) is 0.187. The Morgan fingerprint density at radius 1 is 1.16 bits per heavy atom. The number of fused-ring (bicyclic) bond motifs is 1. The number of aromatic amines is 1. The minimum atomic E-state index is -0.327. The van der Waals surface area contributed by atoms with Crippen LogP contribution in [0, 0.1) is 0 Å². The number of anilines is 1. The first-order chi connectivity index (χ1) is 15.1. The van der Waals surface area contributed by atoms with E-state index in [4.69, 9.17) is 9.47 Å². The van der Waals surface area contributed by atoms with Crippen molar-refractivity contribution in [2.75, 3.05) is 19.5 Å². The second-order valence-electron chi connectivity index (χ2n) is 6.63. The SMILES string of the molecule is COc1ccc(-c2nc(NC(=O)CCn3cnc4ccccc4c3=O)n[nH]2)c(OC)c1. The Labute approximate surface area is 176 Å². The number of nitrogens with one attached hydrogen (secondary N) is 2. The number of methoxy groups -OCH3 is 2. The van der Waals surface area contributed by atoms with Crippen LogP contribution in [-0.4, -0.2) is 44.9 Å². The van der Waals surface area contributed by atoms with E-state index in [1.165, 1.54) is 10.9 Å². The number of rotatable bonds is 7. The molecule has 158 valence electrons. The van der Waals surface area contributed by atoms with E-state index < -0.39 is 0 Å². The highest BCUT2D eigenvalue weighted by atomic mass is 16.5. The summed E-state index contributed by atoms with van der Waals surface area (Å²) in [5.74, 6) is 1.43. The minimum Gasteiger partial charge on any atom is -0.497 e. The average molecular weight is 420 g/mol. The summed E-state index contributed by atoms with van der Waals surface area (Å²) in [5.41, 5.74) is 1.10. The number of hydrogen-bond acceptors (Lipinski definition) is 7. The molecule has 0 aliphatic heterocycles. The summed E-state index contributed by atoms with van der Waals surface area (Å²) in [7, 11) is 3.11. The third-order valence-corrected chi connectivity index (χ3v) is 4.71. The lowest BCUT2D eigenvalue weighted by Gasteiger charge is -2.08. The van der Waals surface area contributed by atoms with Crippen LogP contribution in [-0.2, 0) is 11.3 Å². The van der Waals surface area contributed by atoms with E-state index >= 15 is 0 Å². The lowest BCUT2D eigenvalue weighted by atomic mass is 10.2. The molecule has 0 radical (unpaired) electrons. The van der Waals surface area contributed by atoms with Crippen molar-refractivity contribution in [3.8, 4) is 22.9 Å². The maximum Gasteiger partial charge on any atom is 0.261 e. The summed E-state index contributed by atoms with van der Waals surface area (Å²) in [4.78, 5) is 33.4. The lowest BCUT2D eigenvalue weighted by Crippen LogP contribution is -2.23. The predicted molar refractivity (Wildman–Crippen MR) is 114 cm³/mol. The van der Waals surface area contributed by atoms with Crippen molar-refractivity contribution in [3.63, 3.8) is 0 Å². The van der Waals surface area contributed by atoms with Crippen LogP contribution in [0.15, 0.2) is 53.6 Å². The smallest absolute Gasteiger partial charge is 0.261 e. The number of carbonyl (C=O) groups is 1. The summed E-state index contributed by atoms with van der Waals surface area (Å²) in [5, 5.41) is 9.95. The number of hydrogen-bond donors (Lipinski definition) is 2. The van der Waals surface area contributed by atoms with Gasteiger partial charge in [0.2, 0.25) is 11.9 Å². The van der Waals surface area contributed by atoms with Gasteiger partial charge in [0.15, 0.2) is 5.82 Å². The van der Waals surface area contributed by atoms with E-state index in [0.717, 1.165) is 0 Å². The van der Waals surface area contributed by atoms with Crippen LogP contribution in [0.5, 0.6) is 11.5 Å². The molecule has 0 spiro atoms. The Balaban J connectivity index is 1.43. The molecule has 0 aliphatic rings. The first-order valence-electron chi connectivity index (χ1n) is 9.48. The molecule has 0 saturated heterocycles. The van der Waals surface area contributed by atoms with Gasteiger partial charge >= 0.3 is 0 Å². The zero-order valence-corrected chi connectivity index (χ0v) is 17.0. The van der Waals surface area contributed by atoms with Crippen molar-refractivity contribution < 1.29 is 14.3 Å². The van der Waals surface area contributed by atoms with Crippen molar-refractivity contribution >= 4 is 22.8 Å². The molecule has 0 atom stereocenters. The predicted octanol–water partition coefficient (Wildman–Crippen LogP) is 2.23. The van der Waals surface area contributed by atoms with Gasteiger partial charge in [0.05, 0.1) is 37.0 Å². The highest BCUT2D eigenvalue weighted by Crippen LogP contribution is 2.31. The highest BCUT2D eigenvalue weighted by Gasteiger charge is 2.14. The Morgan fingerprint density at radius 3 is 2.81 bits per heavy atom. The van der Waals surface area contributed by atoms with E-state index in [-0.39, 0.29) is 30.4 Å². The molecule has 0 unspecified atom stereocenters. The van der Waals surface area contributed by atoms with Gasteiger partial charge in [0, 0.05) is 19.0 Å². The molecular formula is C21H20N6O4. The van der Waals surface area contributed by atoms with Crippen LogP contribution in [0.25, 0.3) is 22.3 Å². The lowest BCUT2D eigenvalue weighted by molar-refractivity contribution is -0.116. The monoisotopic (exact) mass is 420 g/mol. The fourth-order valence-electron chi connectivity index (χ4n) is 3.11. The number of H-pyrrole nitrogens is 1. The van der Waals surface area contributed by atoms with Crippen LogP contribution in [0.1, 0.15) is 6.42 Å². The van der Waals surface area contributed by atoms with Gasteiger partial charge in [-0.1, -0.05) is 12.1 Å². The van der Waals surface area contributed by atoms with Crippen LogP contribution in [0.2, 0.25) is 0 Å². The molecule has 4 aromatic rings. The minimum absolute atomic E-state index is 0.0651. The number of amides is 1. The second kappa shape index (κ2) is 8.66. The summed E-state index contributed by atoms with van der Waals surface area (Å²) >= 11 is 0. The van der Waals surface area contributed by atoms with Crippen LogP contribution in [0.3, 0.4) is 0 Å². The fraction of sp³-hybridized carbons (Fsp3) is 0.190. The zero-order valence-electron chi connectivity index (χ0n) is 17.0. The second-order valence-corrected chi connectivity index (χ2v) is 6.63. The van der Waals surface area contributed by atoms with Crippen molar-refractivity contribution in [3.05, 3.63) is 59.1 Å². The van der Waals surface area contributed by atoms with E-state index in [2.05, 4.69) is 25.5 Å². The topological polar surface area (TPSA) is 124 Å². The third kappa shape index (κ3) is 4.22. The summed E-state index contributed by atoms with van der Waals surface area (Å²) in [6.07, 6.45) is 1.51. The first-order valence-corrected chi connectivity index (χ1v) is 9.48. The van der Waals surface area contributed by atoms with Crippen molar-refractivity contribution in [1.29, 1.82) is 0 Å². The molecule has 10 heteroatoms. The molecule has 2 aromatic carbocycles. The fourth-order valence-corrected chi connectivity index (χ4v) is 3.11. The first kappa shape index (κ1) is 20.1. The molecule has 2 aromatic heterocycles. The maximum absolute atomic E-state index is 12.5.